The molecule has 0 aliphatic heterocycles. The third-order valence-electron chi connectivity index (χ3n) is 4.49. The molecule has 5 heteroatoms. The molecular formula is C18H25N3O2. The smallest absolute Gasteiger partial charge is 0.223 e. The molecule has 0 amide bonds. The highest BCUT2D eigenvalue weighted by molar-refractivity contribution is 5.20. The van der Waals surface area contributed by atoms with Crippen molar-refractivity contribution in [3.05, 3.63) is 42.0 Å². The average molecular weight is 315 g/mol. The van der Waals surface area contributed by atoms with Gasteiger partial charge >= 0.3 is 0 Å². The molecular weight excluding hydrogens is 290 g/mol. The van der Waals surface area contributed by atoms with E-state index in [2.05, 4.69) is 15.5 Å². The summed E-state index contributed by atoms with van der Waals surface area (Å²) >= 11 is 0. The van der Waals surface area contributed by atoms with Gasteiger partial charge in [-0.2, -0.15) is 4.98 Å². The summed E-state index contributed by atoms with van der Waals surface area (Å²) in [6.45, 7) is 3.24. The van der Waals surface area contributed by atoms with Gasteiger partial charge < -0.3 is 14.6 Å². The number of ether oxygens (including phenoxy) is 1. The van der Waals surface area contributed by atoms with Crippen LogP contribution in [-0.4, -0.2) is 23.3 Å². The molecule has 1 heterocycles. The molecule has 5 nitrogen and oxygen atoms in total. The van der Waals surface area contributed by atoms with E-state index < -0.39 is 0 Å². The highest BCUT2D eigenvalue weighted by Gasteiger charge is 2.36. The van der Waals surface area contributed by atoms with E-state index in [4.69, 9.17) is 9.26 Å². The predicted octanol–water partition coefficient (Wildman–Crippen LogP) is 3.60. The quantitative estimate of drug-likeness (QED) is 0.652. The van der Waals surface area contributed by atoms with Gasteiger partial charge in [0.25, 0.3) is 0 Å². The van der Waals surface area contributed by atoms with Gasteiger partial charge in [-0.05, 0) is 25.0 Å². The molecule has 0 saturated heterocycles. The number of benzene rings is 1. The average Bonchev–Trinajstić information content (AvgIpc) is 2.88. The second kappa shape index (κ2) is 7.59. The molecule has 0 spiro atoms. The van der Waals surface area contributed by atoms with Gasteiger partial charge in [0.2, 0.25) is 5.89 Å². The summed E-state index contributed by atoms with van der Waals surface area (Å²) in [5, 5.41) is 7.87. The Morgan fingerprint density at radius 2 is 1.87 bits per heavy atom. The first-order valence-electron chi connectivity index (χ1n) is 8.52. The van der Waals surface area contributed by atoms with Gasteiger partial charge in [0.1, 0.15) is 12.4 Å². The van der Waals surface area contributed by atoms with Crippen molar-refractivity contribution in [2.75, 3.05) is 13.2 Å². The summed E-state index contributed by atoms with van der Waals surface area (Å²) in [5.74, 6) is 2.34. The Bertz CT molecular complexity index is 589. The molecule has 1 aromatic heterocycles. The van der Waals surface area contributed by atoms with Gasteiger partial charge in [-0.3, -0.25) is 0 Å². The van der Waals surface area contributed by atoms with Crippen molar-refractivity contribution in [3.63, 3.8) is 0 Å². The van der Waals surface area contributed by atoms with Crippen molar-refractivity contribution in [2.24, 2.45) is 0 Å². The van der Waals surface area contributed by atoms with Crippen molar-refractivity contribution in [3.8, 4) is 5.75 Å². The predicted molar refractivity (Wildman–Crippen MR) is 88.4 cm³/mol. The van der Waals surface area contributed by atoms with Crippen LogP contribution in [0.3, 0.4) is 0 Å². The normalized spacial score (nSPS) is 17.6. The van der Waals surface area contributed by atoms with Crippen LogP contribution in [0.5, 0.6) is 5.75 Å². The van der Waals surface area contributed by atoms with E-state index in [1.807, 2.05) is 37.3 Å². The molecule has 1 aromatic carbocycles. The summed E-state index contributed by atoms with van der Waals surface area (Å²) < 4.78 is 11.0. The molecule has 1 saturated carbocycles. The first-order valence-corrected chi connectivity index (χ1v) is 8.52. The highest BCUT2D eigenvalue weighted by Crippen LogP contribution is 2.34. The molecule has 23 heavy (non-hydrogen) atoms. The van der Waals surface area contributed by atoms with Crippen LogP contribution >= 0.6 is 0 Å². The van der Waals surface area contributed by atoms with E-state index in [9.17, 15) is 0 Å². The summed E-state index contributed by atoms with van der Waals surface area (Å²) in [4.78, 5) is 4.50. The molecule has 0 atom stereocenters. The van der Waals surface area contributed by atoms with Crippen LogP contribution in [-0.2, 0) is 5.54 Å². The molecule has 1 N–H and O–H groups in total. The Balaban J connectivity index is 1.62. The van der Waals surface area contributed by atoms with Crippen LogP contribution in [0.4, 0.5) is 0 Å². The zero-order valence-electron chi connectivity index (χ0n) is 13.8. The van der Waals surface area contributed by atoms with Crippen molar-refractivity contribution in [1.29, 1.82) is 0 Å². The monoisotopic (exact) mass is 315 g/mol. The largest absolute Gasteiger partial charge is 0.492 e. The van der Waals surface area contributed by atoms with E-state index >= 15 is 0 Å². The van der Waals surface area contributed by atoms with Crippen molar-refractivity contribution < 1.29 is 9.26 Å². The van der Waals surface area contributed by atoms with Gasteiger partial charge in [0.05, 0.1) is 5.54 Å². The fraction of sp³-hybridized carbons (Fsp3) is 0.556. The lowest BCUT2D eigenvalue weighted by Crippen LogP contribution is -2.44. The Hall–Kier alpha value is -1.88. The summed E-state index contributed by atoms with van der Waals surface area (Å²) in [6, 6.07) is 9.91. The van der Waals surface area contributed by atoms with E-state index in [0.717, 1.165) is 31.0 Å². The maximum Gasteiger partial charge on any atom is 0.223 e. The van der Waals surface area contributed by atoms with Crippen molar-refractivity contribution >= 4 is 0 Å². The molecule has 0 unspecified atom stereocenters. The zero-order chi connectivity index (χ0) is 16.0. The maximum atomic E-state index is 5.79. The summed E-state index contributed by atoms with van der Waals surface area (Å²) in [7, 11) is 0. The van der Waals surface area contributed by atoms with Gasteiger partial charge in [-0.15, -0.1) is 0 Å². The molecule has 0 bridgehead atoms. The lowest BCUT2D eigenvalue weighted by molar-refractivity contribution is 0.230. The Kier molecular flexibility index (Phi) is 5.28. The number of aryl methyl sites for hydroxylation is 1. The molecule has 1 aliphatic rings. The van der Waals surface area contributed by atoms with E-state index in [-0.39, 0.29) is 5.54 Å². The Morgan fingerprint density at radius 3 is 2.52 bits per heavy atom. The second-order valence-corrected chi connectivity index (χ2v) is 6.22. The van der Waals surface area contributed by atoms with Crippen LogP contribution in [0, 0.1) is 6.92 Å². The number of nitrogens with zero attached hydrogens (tertiary/aromatic N) is 2. The minimum Gasteiger partial charge on any atom is -0.492 e. The van der Waals surface area contributed by atoms with Gasteiger partial charge in [0, 0.05) is 13.5 Å². The lowest BCUT2D eigenvalue weighted by atomic mass is 9.89. The van der Waals surface area contributed by atoms with E-state index in [1.165, 1.54) is 25.7 Å². The van der Waals surface area contributed by atoms with Gasteiger partial charge in [0.15, 0.2) is 5.82 Å². The Labute approximate surface area is 137 Å². The molecule has 0 radical (unpaired) electrons. The van der Waals surface area contributed by atoms with E-state index in [0.29, 0.717) is 12.5 Å². The minimum atomic E-state index is -0.172. The van der Waals surface area contributed by atoms with Crippen LogP contribution in [0.1, 0.15) is 50.2 Å². The van der Waals surface area contributed by atoms with E-state index in [1.54, 1.807) is 0 Å². The first kappa shape index (κ1) is 16.0. The van der Waals surface area contributed by atoms with Crippen LogP contribution in [0.2, 0.25) is 0 Å². The standard InChI is InChI=1S/C18H25N3O2/c1-15-20-17(21-23-15)18(11-7-2-3-8-12-18)19-13-14-22-16-9-5-4-6-10-16/h4-6,9-10,19H,2-3,7-8,11-14H2,1H3. The third kappa shape index (κ3) is 4.10. The first-order chi connectivity index (χ1) is 11.3. The molecule has 1 fully saturated rings. The number of aromatic nitrogens is 2. The molecule has 1 aliphatic carbocycles. The second-order valence-electron chi connectivity index (χ2n) is 6.22. The molecule has 2 aromatic rings. The number of rotatable bonds is 6. The topological polar surface area (TPSA) is 60.2 Å². The highest BCUT2D eigenvalue weighted by atomic mass is 16.5. The van der Waals surface area contributed by atoms with Crippen LogP contribution < -0.4 is 10.1 Å². The molecule has 3 rings (SSSR count). The maximum absolute atomic E-state index is 5.79. The SMILES string of the molecule is Cc1nc(C2(NCCOc3ccccc3)CCCCCC2)no1. The van der Waals surface area contributed by atoms with Gasteiger partial charge in [-0.25, -0.2) is 0 Å². The minimum absolute atomic E-state index is 0.172. The number of hydrogen-bond acceptors (Lipinski definition) is 5. The number of nitrogens with one attached hydrogen (secondary N) is 1. The van der Waals surface area contributed by atoms with Crippen molar-refractivity contribution in [1.82, 2.24) is 15.5 Å². The number of para-hydroxylation sites is 1. The molecule has 124 valence electrons. The summed E-state index contributed by atoms with van der Waals surface area (Å²) in [5.41, 5.74) is -0.172. The lowest BCUT2D eigenvalue weighted by Gasteiger charge is -2.31. The number of hydrogen-bond donors (Lipinski definition) is 1. The fourth-order valence-electron chi connectivity index (χ4n) is 3.28. The van der Waals surface area contributed by atoms with Crippen LogP contribution in [0.25, 0.3) is 0 Å². The summed E-state index contributed by atoms with van der Waals surface area (Å²) in [6.07, 6.45) is 7.05. The van der Waals surface area contributed by atoms with Gasteiger partial charge in [-0.1, -0.05) is 49.0 Å². The fourth-order valence-corrected chi connectivity index (χ4v) is 3.28. The van der Waals surface area contributed by atoms with Crippen molar-refractivity contribution in [2.45, 2.75) is 51.0 Å². The third-order valence-corrected chi connectivity index (χ3v) is 4.49. The van der Waals surface area contributed by atoms with Crippen LogP contribution in [0.15, 0.2) is 34.9 Å². The zero-order valence-corrected chi connectivity index (χ0v) is 13.8. The Morgan fingerprint density at radius 1 is 1.13 bits per heavy atom.